The predicted octanol–water partition coefficient (Wildman–Crippen LogP) is 2.00. The van der Waals surface area contributed by atoms with E-state index in [2.05, 4.69) is 0 Å². The summed E-state index contributed by atoms with van der Waals surface area (Å²) in [6, 6.07) is 3.47. The van der Waals surface area contributed by atoms with Crippen LogP contribution >= 0.6 is 11.8 Å². The quantitative estimate of drug-likeness (QED) is 0.384. The Bertz CT molecular complexity index is 273. The van der Waals surface area contributed by atoms with Gasteiger partial charge in [0.1, 0.15) is 5.75 Å². The molecule has 0 bridgehead atoms. The number of nitrogen functional groups attached to an aromatic ring is 1. The van der Waals surface area contributed by atoms with Crippen LogP contribution < -0.4 is 5.73 Å². The summed E-state index contributed by atoms with van der Waals surface area (Å²) in [6.45, 7) is 1.95. The van der Waals surface area contributed by atoms with Crippen LogP contribution in [0.3, 0.4) is 0 Å². The number of hydrogen-bond acceptors (Lipinski definition) is 3. The third-order valence-electron chi connectivity index (χ3n) is 1.54. The van der Waals surface area contributed by atoms with Gasteiger partial charge in [0.25, 0.3) is 0 Å². The van der Waals surface area contributed by atoms with Crippen LogP contribution in [0.15, 0.2) is 17.0 Å². The first-order valence-corrected chi connectivity index (χ1v) is 4.50. The van der Waals surface area contributed by atoms with E-state index in [4.69, 9.17) is 5.73 Å². The lowest BCUT2D eigenvalue weighted by atomic mass is 10.2. The van der Waals surface area contributed by atoms with Gasteiger partial charge in [0.2, 0.25) is 0 Å². The minimum atomic E-state index is 0.167. The molecule has 1 aromatic carbocycles. The third-order valence-corrected chi connectivity index (χ3v) is 2.42. The smallest absolute Gasteiger partial charge is 0.138 e. The number of rotatable bonds is 1. The highest BCUT2D eigenvalue weighted by molar-refractivity contribution is 7.98. The number of phenolic OH excluding ortho intramolecular Hbond substituents is 1. The van der Waals surface area contributed by atoms with Crippen LogP contribution in [0.2, 0.25) is 0 Å². The summed E-state index contributed by atoms with van der Waals surface area (Å²) in [5.74, 6) is 0.167. The first-order chi connectivity index (χ1) is 5.15. The molecule has 3 heteroatoms. The van der Waals surface area contributed by atoms with Crippen molar-refractivity contribution in [3.05, 3.63) is 17.7 Å². The molecule has 1 aromatic rings. The van der Waals surface area contributed by atoms with Gasteiger partial charge in [-0.2, -0.15) is 0 Å². The molecule has 0 aliphatic heterocycles. The molecule has 2 nitrogen and oxygen atoms in total. The standard InChI is InChI=1S/C8H11NOS/c1-5-3-7(10)6(9)4-8(5)11-2/h3-4,10H,9H2,1-2H3. The van der Waals surface area contributed by atoms with E-state index in [1.165, 1.54) is 0 Å². The molecule has 1 rings (SSSR count). The van der Waals surface area contributed by atoms with Crippen molar-refractivity contribution in [3.8, 4) is 5.75 Å². The Balaban J connectivity index is 3.21. The van der Waals surface area contributed by atoms with Crippen LogP contribution in [-0.2, 0) is 0 Å². The molecule has 0 aromatic heterocycles. The Morgan fingerprint density at radius 3 is 2.64 bits per heavy atom. The SMILES string of the molecule is CSc1cc(N)c(O)cc1C. The molecule has 0 atom stereocenters. The number of benzene rings is 1. The largest absolute Gasteiger partial charge is 0.506 e. The van der Waals surface area contributed by atoms with Gasteiger partial charge in [-0.3, -0.25) is 0 Å². The molecule has 60 valence electrons. The minimum absolute atomic E-state index is 0.167. The van der Waals surface area contributed by atoms with Crippen molar-refractivity contribution in [2.24, 2.45) is 0 Å². The van der Waals surface area contributed by atoms with Crippen molar-refractivity contribution in [2.45, 2.75) is 11.8 Å². The van der Waals surface area contributed by atoms with Gasteiger partial charge in [-0.05, 0) is 30.9 Å². The second-order valence-electron chi connectivity index (χ2n) is 2.38. The summed E-state index contributed by atoms with van der Waals surface area (Å²) < 4.78 is 0. The fourth-order valence-corrected chi connectivity index (χ4v) is 1.53. The number of phenols is 1. The molecule has 0 amide bonds. The lowest BCUT2D eigenvalue weighted by molar-refractivity contribution is 0.477. The predicted molar refractivity (Wildman–Crippen MR) is 49.0 cm³/mol. The van der Waals surface area contributed by atoms with Gasteiger partial charge in [0, 0.05) is 4.90 Å². The average molecular weight is 169 g/mol. The number of anilines is 1. The molecule has 0 heterocycles. The minimum Gasteiger partial charge on any atom is -0.506 e. The van der Waals surface area contributed by atoms with E-state index in [1.54, 1.807) is 23.9 Å². The van der Waals surface area contributed by atoms with Crippen molar-refractivity contribution in [1.82, 2.24) is 0 Å². The van der Waals surface area contributed by atoms with Crippen LogP contribution in [0.5, 0.6) is 5.75 Å². The Hall–Kier alpha value is -0.830. The van der Waals surface area contributed by atoms with E-state index in [1.807, 2.05) is 13.2 Å². The summed E-state index contributed by atoms with van der Waals surface area (Å²) in [5.41, 5.74) is 7.01. The van der Waals surface area contributed by atoms with Gasteiger partial charge in [0.05, 0.1) is 5.69 Å². The lowest BCUT2D eigenvalue weighted by Gasteiger charge is -2.04. The molecule has 0 radical (unpaired) electrons. The molecule has 0 spiro atoms. The fourth-order valence-electron chi connectivity index (χ4n) is 0.908. The number of aryl methyl sites for hydroxylation is 1. The van der Waals surface area contributed by atoms with Gasteiger partial charge >= 0.3 is 0 Å². The van der Waals surface area contributed by atoms with Crippen LogP contribution in [0, 0.1) is 6.92 Å². The van der Waals surface area contributed by atoms with E-state index in [9.17, 15) is 5.11 Å². The zero-order valence-electron chi connectivity index (χ0n) is 6.59. The van der Waals surface area contributed by atoms with E-state index in [0.29, 0.717) is 5.69 Å². The van der Waals surface area contributed by atoms with Crippen LogP contribution in [0.1, 0.15) is 5.56 Å². The molecular weight excluding hydrogens is 158 g/mol. The summed E-state index contributed by atoms with van der Waals surface area (Å²) in [7, 11) is 0. The first kappa shape index (κ1) is 8.27. The fraction of sp³-hybridized carbons (Fsp3) is 0.250. The van der Waals surface area contributed by atoms with E-state index in [-0.39, 0.29) is 5.75 Å². The molecule has 0 fully saturated rings. The average Bonchev–Trinajstić information content (AvgIpc) is 1.97. The number of aromatic hydroxyl groups is 1. The molecule has 0 unspecified atom stereocenters. The molecule has 0 aliphatic rings. The van der Waals surface area contributed by atoms with Crippen LogP contribution in [0.25, 0.3) is 0 Å². The normalized spacial score (nSPS) is 10.0. The van der Waals surface area contributed by atoms with Gasteiger partial charge in [-0.1, -0.05) is 0 Å². The molecule has 0 aliphatic carbocycles. The number of hydrogen-bond donors (Lipinski definition) is 2. The summed E-state index contributed by atoms with van der Waals surface area (Å²) in [4.78, 5) is 1.11. The van der Waals surface area contributed by atoms with Crippen LogP contribution in [0.4, 0.5) is 5.69 Å². The zero-order chi connectivity index (χ0) is 8.43. The van der Waals surface area contributed by atoms with Gasteiger partial charge in [0.15, 0.2) is 0 Å². The first-order valence-electron chi connectivity index (χ1n) is 3.28. The lowest BCUT2D eigenvalue weighted by Crippen LogP contribution is -1.88. The second kappa shape index (κ2) is 3.05. The molecule has 0 saturated carbocycles. The molecular formula is C8H11NOS. The van der Waals surface area contributed by atoms with Crippen LogP contribution in [-0.4, -0.2) is 11.4 Å². The van der Waals surface area contributed by atoms with Crippen molar-refractivity contribution in [2.75, 3.05) is 12.0 Å². The van der Waals surface area contributed by atoms with Crippen molar-refractivity contribution in [1.29, 1.82) is 0 Å². The maximum absolute atomic E-state index is 9.19. The topological polar surface area (TPSA) is 46.2 Å². The molecule has 11 heavy (non-hydrogen) atoms. The highest BCUT2D eigenvalue weighted by atomic mass is 32.2. The number of nitrogens with two attached hydrogens (primary N) is 1. The Kier molecular flexibility index (Phi) is 2.29. The zero-order valence-corrected chi connectivity index (χ0v) is 7.40. The number of thioether (sulfide) groups is 1. The third kappa shape index (κ3) is 1.60. The van der Waals surface area contributed by atoms with E-state index in [0.717, 1.165) is 10.5 Å². The van der Waals surface area contributed by atoms with Gasteiger partial charge in [-0.15, -0.1) is 11.8 Å². The highest BCUT2D eigenvalue weighted by Gasteiger charge is 2.01. The van der Waals surface area contributed by atoms with Crippen molar-refractivity contribution < 1.29 is 5.11 Å². The summed E-state index contributed by atoms with van der Waals surface area (Å²) in [6.07, 6.45) is 1.98. The van der Waals surface area contributed by atoms with E-state index < -0.39 is 0 Å². The van der Waals surface area contributed by atoms with Gasteiger partial charge in [-0.25, -0.2) is 0 Å². The molecule has 3 N–H and O–H groups in total. The summed E-state index contributed by atoms with van der Waals surface area (Å²) in [5, 5.41) is 9.19. The molecule has 0 saturated heterocycles. The maximum atomic E-state index is 9.19. The van der Waals surface area contributed by atoms with E-state index >= 15 is 0 Å². The monoisotopic (exact) mass is 169 g/mol. The maximum Gasteiger partial charge on any atom is 0.138 e. The van der Waals surface area contributed by atoms with Gasteiger partial charge < -0.3 is 10.8 Å². The Labute approximate surface area is 70.4 Å². The summed E-state index contributed by atoms with van der Waals surface area (Å²) >= 11 is 1.63. The second-order valence-corrected chi connectivity index (χ2v) is 3.23. The van der Waals surface area contributed by atoms with Crippen molar-refractivity contribution >= 4 is 17.4 Å². The highest BCUT2D eigenvalue weighted by Crippen LogP contribution is 2.29. The Morgan fingerprint density at radius 2 is 2.09 bits per heavy atom. The van der Waals surface area contributed by atoms with Crippen molar-refractivity contribution in [3.63, 3.8) is 0 Å². The Morgan fingerprint density at radius 1 is 1.45 bits per heavy atom.